The lowest BCUT2D eigenvalue weighted by atomic mass is 9.86. The first-order valence-corrected chi connectivity index (χ1v) is 25.2. The molecule has 0 aliphatic carbocycles. The number of aryl methyl sites for hydroxylation is 1. The molecule has 3 aromatic rings. The Hall–Kier alpha value is -7.32. The van der Waals surface area contributed by atoms with Gasteiger partial charge in [-0.25, -0.2) is 9.78 Å². The summed E-state index contributed by atoms with van der Waals surface area (Å²) < 4.78 is 23.8. The van der Waals surface area contributed by atoms with E-state index in [9.17, 15) is 58.5 Å². The molecule has 76 heavy (non-hydrogen) atoms. The Morgan fingerprint density at radius 3 is 2.25 bits per heavy atom. The number of nitrogens with one attached hydrogen (secondary N) is 4. The van der Waals surface area contributed by atoms with E-state index in [4.69, 9.17) is 29.0 Å². The number of fused-ring (bicyclic) bond motifs is 6. The highest BCUT2D eigenvalue weighted by atomic mass is 16.7. The van der Waals surface area contributed by atoms with Gasteiger partial charge in [-0.15, -0.1) is 0 Å². The van der Waals surface area contributed by atoms with Crippen molar-refractivity contribution in [3.05, 3.63) is 63.0 Å². The van der Waals surface area contributed by atoms with Crippen LogP contribution in [0.5, 0.6) is 11.5 Å². The molecular weight excluding hydrogens is 997 g/mol. The number of aliphatic hydroxyl groups excluding tert-OH is 3. The molecule has 0 spiro atoms. The molecule has 0 saturated heterocycles. The van der Waals surface area contributed by atoms with Crippen LogP contribution in [0.15, 0.2) is 35.1 Å². The van der Waals surface area contributed by atoms with Gasteiger partial charge in [0, 0.05) is 74.3 Å². The Morgan fingerprint density at radius 2 is 1.54 bits per heavy atom. The van der Waals surface area contributed by atoms with E-state index in [1.807, 2.05) is 6.07 Å². The number of esters is 1. The first kappa shape index (κ1) is 56.4. The highest BCUT2D eigenvalue weighted by Gasteiger charge is 2.45. The van der Waals surface area contributed by atoms with Crippen LogP contribution >= 0.6 is 0 Å². The third-order valence-electron chi connectivity index (χ3n) is 13.8. The van der Waals surface area contributed by atoms with E-state index in [0.717, 1.165) is 33.6 Å². The molecule has 4 aliphatic rings. The van der Waals surface area contributed by atoms with Gasteiger partial charge in [-0.05, 0) is 76.5 Å². The Balaban J connectivity index is 0.894. The zero-order chi connectivity index (χ0) is 55.0. The summed E-state index contributed by atoms with van der Waals surface area (Å²) in [5.74, 6) is -4.39. The molecule has 6 heterocycles. The molecule has 0 unspecified atom stereocenters. The van der Waals surface area contributed by atoms with Gasteiger partial charge in [0.15, 0.2) is 17.1 Å². The predicted octanol–water partition coefficient (Wildman–Crippen LogP) is -1.24. The van der Waals surface area contributed by atoms with Crippen molar-refractivity contribution in [1.82, 2.24) is 40.6 Å². The Kier molecular flexibility index (Phi) is 18.2. The number of benzene rings is 1. The van der Waals surface area contributed by atoms with Crippen LogP contribution in [0.25, 0.3) is 22.3 Å². The van der Waals surface area contributed by atoms with Crippen LogP contribution in [0.1, 0.15) is 94.4 Å². The molecule has 7 rings (SSSR count). The third-order valence-corrected chi connectivity index (χ3v) is 13.8. The number of carbonyl (C=O) groups excluding carboxylic acids is 8. The molecule has 0 saturated carbocycles. The molecule has 0 radical (unpaired) electrons. The van der Waals surface area contributed by atoms with Crippen LogP contribution in [0, 0.1) is 0 Å². The number of hydrogen-bond donors (Lipinski definition) is 8. The number of imide groups is 1. The topological polar surface area (TPSA) is 344 Å². The molecule has 410 valence electrons. The van der Waals surface area contributed by atoms with Gasteiger partial charge < -0.3 is 70.1 Å². The molecule has 4 aliphatic heterocycles. The van der Waals surface area contributed by atoms with Gasteiger partial charge in [-0.1, -0.05) is 6.92 Å². The predicted molar refractivity (Wildman–Crippen MR) is 265 cm³/mol. The van der Waals surface area contributed by atoms with Crippen molar-refractivity contribution < 1.29 is 77.7 Å². The van der Waals surface area contributed by atoms with Crippen molar-refractivity contribution in [2.24, 2.45) is 0 Å². The largest absolute Gasteiger partial charge is 0.458 e. The van der Waals surface area contributed by atoms with Gasteiger partial charge in [0.2, 0.25) is 36.3 Å². The number of amides is 7. The lowest BCUT2D eigenvalue weighted by Crippen LogP contribution is -2.55. The molecule has 6 atom stereocenters. The van der Waals surface area contributed by atoms with Crippen molar-refractivity contribution in [3.63, 3.8) is 0 Å². The highest BCUT2D eigenvalue weighted by Crippen LogP contribution is 2.43. The normalized spacial score (nSPS) is 18.0. The lowest BCUT2D eigenvalue weighted by Gasteiger charge is -2.31. The highest BCUT2D eigenvalue weighted by molar-refractivity contribution is 6.13. The Bertz CT molecular complexity index is 2850. The number of likely N-dealkylation sites (N-methyl/N-ethyl adjacent to an activating group) is 1. The van der Waals surface area contributed by atoms with E-state index < -0.39 is 89.9 Å². The molecule has 0 fully saturated rings. The van der Waals surface area contributed by atoms with Crippen LogP contribution < -0.4 is 36.3 Å². The molecule has 25 nitrogen and oxygen atoms in total. The first-order valence-electron chi connectivity index (χ1n) is 25.2. The monoisotopic (exact) mass is 1060 g/mol. The van der Waals surface area contributed by atoms with E-state index in [0.29, 0.717) is 47.7 Å². The second-order valence-electron chi connectivity index (χ2n) is 19.2. The van der Waals surface area contributed by atoms with Crippen LogP contribution in [0.4, 0.5) is 0 Å². The number of pyridine rings is 2. The number of rotatable bonds is 26. The van der Waals surface area contributed by atoms with Crippen molar-refractivity contribution in [1.29, 1.82) is 0 Å². The Labute approximate surface area is 435 Å². The quantitative estimate of drug-likeness (QED) is 0.0158. The summed E-state index contributed by atoms with van der Waals surface area (Å²) in [7, 11) is 1.42. The molecular formula is C51H64N8O17. The lowest BCUT2D eigenvalue weighted by molar-refractivity contribution is -0.172. The third kappa shape index (κ3) is 12.7. The SMILES string of the molecule is CC[C@@]1(O)C(=O)OCc2c1cc1n(c2=O)Cc2c-1nc1cc3c(cc1c2CCCCOCNC(=O)[C@H](C)NC(=O)[C@H](C)NC(=O)[C@H](CCC(=O)N(C)C[C@H](O)CC[C@H](O)CO)NC(=O)CCN1C(=O)C=CC1=O)OCO3. The van der Waals surface area contributed by atoms with E-state index in [-0.39, 0.29) is 102 Å². The summed E-state index contributed by atoms with van der Waals surface area (Å²) in [5.41, 5.74) is 1.41. The first-order chi connectivity index (χ1) is 36.2. The van der Waals surface area contributed by atoms with Crippen molar-refractivity contribution in [3.8, 4) is 22.9 Å². The van der Waals surface area contributed by atoms with Crippen molar-refractivity contribution >= 4 is 58.2 Å². The second-order valence-corrected chi connectivity index (χ2v) is 19.2. The van der Waals surface area contributed by atoms with Crippen LogP contribution in [0.2, 0.25) is 0 Å². The van der Waals surface area contributed by atoms with Gasteiger partial charge in [0.25, 0.3) is 17.4 Å². The fourth-order valence-electron chi connectivity index (χ4n) is 9.32. The van der Waals surface area contributed by atoms with Crippen LogP contribution in [-0.2, 0) is 73.0 Å². The zero-order valence-corrected chi connectivity index (χ0v) is 42.7. The van der Waals surface area contributed by atoms with Gasteiger partial charge in [-0.3, -0.25) is 43.3 Å². The molecule has 1 aromatic carbocycles. The minimum Gasteiger partial charge on any atom is -0.458 e. The molecule has 8 N–H and O–H groups in total. The Morgan fingerprint density at radius 1 is 0.855 bits per heavy atom. The average Bonchev–Trinajstić information content (AvgIpc) is 4.16. The molecule has 25 heteroatoms. The number of ether oxygens (including phenoxy) is 4. The van der Waals surface area contributed by atoms with Crippen molar-refractivity contribution in [2.75, 3.05) is 46.9 Å². The number of hydrogen-bond acceptors (Lipinski definition) is 18. The molecule has 2 aromatic heterocycles. The maximum atomic E-state index is 13.9. The average molecular weight is 1060 g/mol. The molecule has 7 amide bonds. The fraction of sp³-hybridized carbons (Fsp3) is 0.529. The maximum Gasteiger partial charge on any atom is 0.343 e. The van der Waals surface area contributed by atoms with Gasteiger partial charge in [0.1, 0.15) is 31.5 Å². The number of nitrogens with zero attached hydrogens (tertiary/aromatic N) is 4. The summed E-state index contributed by atoms with van der Waals surface area (Å²) in [4.78, 5) is 123. The van der Waals surface area contributed by atoms with Crippen LogP contribution in [-0.4, -0.2) is 164 Å². The number of cyclic esters (lactones) is 1. The number of carbonyl (C=O) groups is 8. The summed E-state index contributed by atoms with van der Waals surface area (Å²) in [6, 6.07) is 1.60. The summed E-state index contributed by atoms with van der Waals surface area (Å²) in [5, 5.41) is 51.2. The van der Waals surface area contributed by atoms with Gasteiger partial charge >= 0.3 is 5.97 Å². The van der Waals surface area contributed by atoms with E-state index >= 15 is 0 Å². The standard InChI is InChI=1S/C51H64N8O17/c1-5-51(72)35-19-38-45-33(22-59(38)49(70)34(35)24-74-50(51)71)31(32-18-39-40(76-26-75-39)20-37(32)56-45)8-6-7-17-73-25-52-46(67)27(2)53-47(68)28(3)54-48(69)36(55-41(63)15-16-58-43(65)13-14-44(58)66)11-12-42(64)57(4)21-29(61)9-10-30(62)23-60/h13-14,18-20,27-30,36,60-62,72H,5-12,15-17,21-26H2,1-4H3,(H,52,67)(H,53,68)(H,54,69)(H,55,63)/t27-,28-,29+,30-,36-,51-/m0/s1. The van der Waals surface area contributed by atoms with Crippen molar-refractivity contribution in [2.45, 2.75) is 128 Å². The number of aromatic nitrogens is 2. The summed E-state index contributed by atoms with van der Waals surface area (Å²) >= 11 is 0. The number of aliphatic hydroxyl groups is 4. The van der Waals surface area contributed by atoms with Crippen LogP contribution in [0.3, 0.4) is 0 Å². The van der Waals surface area contributed by atoms with E-state index in [1.54, 1.807) is 23.6 Å². The fourth-order valence-corrected chi connectivity index (χ4v) is 9.32. The summed E-state index contributed by atoms with van der Waals surface area (Å²) in [6.07, 6.45) is 1.05. The minimum atomic E-state index is -1.98. The van der Waals surface area contributed by atoms with Gasteiger partial charge in [0.05, 0.1) is 47.8 Å². The number of unbranched alkanes of at least 4 members (excludes halogenated alkanes) is 1. The zero-order valence-electron chi connectivity index (χ0n) is 42.7. The second kappa shape index (κ2) is 24.6. The summed E-state index contributed by atoms with van der Waals surface area (Å²) in [6.45, 7) is 3.56. The molecule has 0 bridgehead atoms. The van der Waals surface area contributed by atoms with E-state index in [1.165, 1.54) is 25.8 Å². The van der Waals surface area contributed by atoms with Gasteiger partial charge in [-0.2, -0.15) is 0 Å². The smallest absolute Gasteiger partial charge is 0.343 e. The maximum absolute atomic E-state index is 13.9. The van der Waals surface area contributed by atoms with E-state index in [2.05, 4.69) is 21.3 Å². The minimum absolute atomic E-state index is 0.00558.